The number of hydrogen-bond acceptors (Lipinski definition) is 8. The number of amides is 1. The first-order valence-electron chi connectivity index (χ1n) is 9.22. The molecule has 0 radical (unpaired) electrons. The van der Waals surface area contributed by atoms with Gasteiger partial charge in [-0.2, -0.15) is 0 Å². The van der Waals surface area contributed by atoms with E-state index in [0.29, 0.717) is 24.8 Å². The van der Waals surface area contributed by atoms with Crippen molar-refractivity contribution in [2.45, 2.75) is 53.4 Å². The van der Waals surface area contributed by atoms with Gasteiger partial charge in [0.05, 0.1) is 31.1 Å². The summed E-state index contributed by atoms with van der Waals surface area (Å²) in [5.74, 6) is -0.144. The van der Waals surface area contributed by atoms with Crippen LogP contribution in [-0.2, 0) is 37.1 Å². The largest absolute Gasteiger partial charge is 0.596 e. The fourth-order valence-electron chi connectivity index (χ4n) is 2.10. The molecule has 1 rings (SSSR count). The van der Waals surface area contributed by atoms with E-state index in [0.717, 1.165) is 25.7 Å². The summed E-state index contributed by atoms with van der Waals surface area (Å²) in [5, 5.41) is 6.71. The van der Waals surface area contributed by atoms with Gasteiger partial charge in [-0.3, -0.25) is 10.2 Å². The van der Waals surface area contributed by atoms with E-state index in [1.54, 1.807) is 11.0 Å². The maximum Gasteiger partial charge on any atom is 0.437 e. The first-order chi connectivity index (χ1) is 13.1. The van der Waals surface area contributed by atoms with Gasteiger partial charge in [-0.05, 0) is 35.5 Å². The fourth-order valence-corrected chi connectivity index (χ4v) is 7.26. The first kappa shape index (κ1) is 26.2. The molecule has 8 nitrogen and oxygen atoms in total. The van der Waals surface area contributed by atoms with Crippen molar-refractivity contribution >= 4 is 52.7 Å². The van der Waals surface area contributed by atoms with Crippen molar-refractivity contribution in [3.05, 3.63) is 0 Å². The second-order valence-electron chi connectivity index (χ2n) is 7.15. The minimum Gasteiger partial charge on any atom is -0.596 e. The maximum atomic E-state index is 12.9. The zero-order valence-corrected chi connectivity index (χ0v) is 20.6. The number of carbonyl (C=O) groups excluding carboxylic acids is 1. The number of carbonyl (C=O) groups is 1. The van der Waals surface area contributed by atoms with Crippen LogP contribution in [0.4, 0.5) is 4.79 Å². The summed E-state index contributed by atoms with van der Waals surface area (Å²) in [6.07, 6.45) is 5.08. The Kier molecular flexibility index (Phi) is 11.9. The highest BCUT2D eigenvalue weighted by Gasteiger charge is 2.43. The molecule has 0 saturated carbocycles. The average Bonchev–Trinajstić information content (AvgIpc) is 2.66. The Morgan fingerprint density at radius 1 is 1.39 bits per heavy atom. The van der Waals surface area contributed by atoms with Gasteiger partial charge in [0.15, 0.2) is 0 Å². The number of nitrogens with zero attached hydrogens (tertiary/aromatic N) is 2. The van der Waals surface area contributed by atoms with Gasteiger partial charge in [0.25, 0.3) is 0 Å². The Morgan fingerprint density at radius 3 is 2.61 bits per heavy atom. The second-order valence-corrected chi connectivity index (χ2v) is 13.1. The van der Waals surface area contributed by atoms with Crippen molar-refractivity contribution in [3.8, 4) is 0 Å². The summed E-state index contributed by atoms with van der Waals surface area (Å²) in [6.45, 7) is 6.44. The van der Waals surface area contributed by atoms with Crippen LogP contribution in [0, 0.1) is 5.41 Å². The molecule has 1 atom stereocenters. The van der Waals surface area contributed by atoms with Gasteiger partial charge >= 0.3 is 12.7 Å². The minimum absolute atomic E-state index is 0.132. The molecule has 1 saturated heterocycles. The molecule has 1 fully saturated rings. The molecule has 0 aromatic rings. The van der Waals surface area contributed by atoms with E-state index in [2.05, 4.69) is 17.4 Å². The summed E-state index contributed by atoms with van der Waals surface area (Å²) in [6, 6.07) is 0. The molecule has 0 aromatic carbocycles. The standard InChI is InChI=1S/C16H32N3O5PS3/c1-6-7-8-9-10-19(25(26)22-11-16(3,4)12-23-25)28(21)13-17-15(20)24-18-14(2)27-5/h6-13H2,1-5H3,(H,17,20)/b18-14+. The predicted octanol–water partition coefficient (Wildman–Crippen LogP) is 4.21. The third kappa shape index (κ3) is 9.30. The zero-order valence-electron chi connectivity index (χ0n) is 17.3. The molecular formula is C16H32N3O5PS3. The van der Waals surface area contributed by atoms with E-state index in [9.17, 15) is 9.35 Å². The van der Waals surface area contributed by atoms with Gasteiger partial charge in [0.1, 0.15) is 5.04 Å². The molecule has 0 aliphatic carbocycles. The Balaban J connectivity index is 2.70. The summed E-state index contributed by atoms with van der Waals surface area (Å²) in [5.41, 5.74) is -0.132. The van der Waals surface area contributed by atoms with Crippen LogP contribution < -0.4 is 5.32 Å². The second kappa shape index (κ2) is 12.7. The van der Waals surface area contributed by atoms with E-state index in [4.69, 9.17) is 25.7 Å². The lowest BCUT2D eigenvalue weighted by Gasteiger charge is -2.40. The first-order valence-corrected chi connectivity index (χ1v) is 14.3. The molecule has 12 heteroatoms. The van der Waals surface area contributed by atoms with Crippen LogP contribution in [0.3, 0.4) is 0 Å². The average molecular weight is 474 g/mol. The normalized spacial score (nSPS) is 20.0. The number of rotatable bonds is 10. The fraction of sp³-hybridized carbons (Fsp3) is 0.875. The Labute approximate surface area is 181 Å². The molecule has 0 aromatic heterocycles. The van der Waals surface area contributed by atoms with Gasteiger partial charge in [0, 0.05) is 5.41 Å². The van der Waals surface area contributed by atoms with Crippen molar-refractivity contribution in [2.75, 3.05) is 31.9 Å². The molecule has 164 valence electrons. The van der Waals surface area contributed by atoms with Crippen molar-refractivity contribution in [1.29, 1.82) is 0 Å². The lowest BCUT2D eigenvalue weighted by atomic mass is 9.97. The van der Waals surface area contributed by atoms with Crippen LogP contribution >= 0.6 is 18.4 Å². The number of nitrogens with one attached hydrogen (secondary N) is 1. The highest BCUT2D eigenvalue weighted by molar-refractivity contribution is 8.13. The molecule has 0 bridgehead atoms. The van der Waals surface area contributed by atoms with E-state index in [1.807, 2.05) is 20.1 Å². The van der Waals surface area contributed by atoms with Gasteiger partial charge in [0.2, 0.25) is 5.88 Å². The van der Waals surface area contributed by atoms with Crippen LogP contribution in [0.1, 0.15) is 53.4 Å². The van der Waals surface area contributed by atoms with Gasteiger partial charge in [-0.1, -0.05) is 45.2 Å². The van der Waals surface area contributed by atoms with Crippen molar-refractivity contribution < 1.29 is 23.2 Å². The SMILES string of the molecule is CCCCCCN([S+]([O-])CNC(=O)O/N=C(\C)SC)P1(=S)OCC(C)(C)CO1. The lowest BCUT2D eigenvalue weighted by Crippen LogP contribution is -2.42. The summed E-state index contributed by atoms with van der Waals surface area (Å²) in [4.78, 5) is 16.5. The van der Waals surface area contributed by atoms with E-state index < -0.39 is 24.1 Å². The molecule has 1 amide bonds. The van der Waals surface area contributed by atoms with Crippen LogP contribution in [-0.4, -0.2) is 51.7 Å². The lowest BCUT2D eigenvalue weighted by molar-refractivity contribution is 0.0497. The molecule has 1 heterocycles. The van der Waals surface area contributed by atoms with Gasteiger partial charge in [-0.15, -0.1) is 11.8 Å². The van der Waals surface area contributed by atoms with Crippen LogP contribution in [0.2, 0.25) is 0 Å². The van der Waals surface area contributed by atoms with Gasteiger partial charge < -0.3 is 13.6 Å². The Hall–Kier alpha value is 0.130. The van der Waals surface area contributed by atoms with Gasteiger partial charge in [-0.25, -0.2) is 4.79 Å². The third-order valence-electron chi connectivity index (χ3n) is 3.84. The summed E-state index contributed by atoms with van der Waals surface area (Å²) in [7, 11) is 0. The number of unbranched alkanes of at least 4 members (excludes halogenated alkanes) is 3. The molecule has 28 heavy (non-hydrogen) atoms. The molecule has 1 unspecified atom stereocenters. The number of thioether (sulfide) groups is 1. The van der Waals surface area contributed by atoms with Crippen molar-refractivity contribution in [2.24, 2.45) is 10.6 Å². The Bertz CT molecular complexity index is 566. The highest BCUT2D eigenvalue weighted by atomic mass is 32.5. The van der Waals surface area contributed by atoms with E-state index >= 15 is 0 Å². The Morgan fingerprint density at radius 2 is 2.04 bits per heavy atom. The molecule has 1 aliphatic heterocycles. The number of hydrogen-bond donors (Lipinski definition) is 1. The van der Waals surface area contributed by atoms with E-state index in [-0.39, 0.29) is 11.3 Å². The number of oxime groups is 1. The van der Waals surface area contributed by atoms with Crippen LogP contribution in [0.15, 0.2) is 5.16 Å². The van der Waals surface area contributed by atoms with E-state index in [1.165, 1.54) is 11.8 Å². The molecule has 0 spiro atoms. The monoisotopic (exact) mass is 473 g/mol. The topological polar surface area (TPSA) is 95.5 Å². The minimum atomic E-state index is -2.86. The zero-order chi connectivity index (χ0) is 21.2. The van der Waals surface area contributed by atoms with Crippen molar-refractivity contribution in [1.82, 2.24) is 9.39 Å². The molecule has 1 aliphatic rings. The smallest absolute Gasteiger partial charge is 0.437 e. The van der Waals surface area contributed by atoms with Crippen molar-refractivity contribution in [3.63, 3.8) is 0 Å². The molecular weight excluding hydrogens is 441 g/mol. The predicted molar refractivity (Wildman–Crippen MR) is 120 cm³/mol. The summed E-state index contributed by atoms with van der Waals surface area (Å²) >= 11 is 5.41. The highest BCUT2D eigenvalue weighted by Crippen LogP contribution is 2.58. The quantitative estimate of drug-likeness (QED) is 0.0959. The molecule has 1 N–H and O–H groups in total. The summed E-state index contributed by atoms with van der Waals surface area (Å²) < 4.78 is 26.3. The maximum absolute atomic E-state index is 12.9. The van der Waals surface area contributed by atoms with Crippen LogP contribution in [0.25, 0.3) is 0 Å². The third-order valence-corrected chi connectivity index (χ3v) is 9.93. The van der Waals surface area contributed by atoms with Crippen LogP contribution in [0.5, 0.6) is 0 Å².